The van der Waals surface area contributed by atoms with Gasteiger partial charge >= 0.3 is 0 Å². The van der Waals surface area contributed by atoms with Gasteiger partial charge in [0.2, 0.25) is 5.88 Å². The van der Waals surface area contributed by atoms with E-state index in [0.717, 1.165) is 23.1 Å². The number of guanidine groups is 1. The molecule has 0 amide bonds. The smallest absolute Gasteiger partial charge is 0.212 e. The van der Waals surface area contributed by atoms with Crippen LogP contribution in [0.3, 0.4) is 0 Å². The zero-order valence-electron chi connectivity index (χ0n) is 15.0. The molecule has 140 valence electrons. The second kappa shape index (κ2) is 9.41. The van der Waals surface area contributed by atoms with E-state index in [2.05, 4.69) is 32.7 Å². The number of halogens is 2. The highest BCUT2D eigenvalue weighted by Gasteiger charge is 2.44. The Morgan fingerprint density at radius 3 is 2.65 bits per heavy atom. The van der Waals surface area contributed by atoms with E-state index in [1.54, 1.807) is 20.4 Å². The number of rotatable bonds is 6. The molecule has 5 nitrogen and oxygen atoms in total. The SMILES string of the molecule is CN=C(NCc1ccc(OC)nc1)NCC1(c2cccc(Cl)c2)CC1.I. The summed E-state index contributed by atoms with van der Waals surface area (Å²) >= 11 is 6.14. The highest BCUT2D eigenvalue weighted by Crippen LogP contribution is 2.48. The van der Waals surface area contributed by atoms with Gasteiger partial charge in [0.25, 0.3) is 0 Å². The summed E-state index contributed by atoms with van der Waals surface area (Å²) in [5, 5.41) is 7.54. The second-order valence-electron chi connectivity index (χ2n) is 6.28. The van der Waals surface area contributed by atoms with E-state index in [1.165, 1.54) is 18.4 Å². The maximum absolute atomic E-state index is 6.14. The summed E-state index contributed by atoms with van der Waals surface area (Å²) in [5.41, 5.74) is 2.53. The molecule has 0 unspecified atom stereocenters. The van der Waals surface area contributed by atoms with Crippen LogP contribution in [0.2, 0.25) is 5.02 Å². The van der Waals surface area contributed by atoms with Crippen LogP contribution >= 0.6 is 35.6 Å². The van der Waals surface area contributed by atoms with Crippen LogP contribution < -0.4 is 15.4 Å². The normalized spacial score (nSPS) is 15.0. The first-order valence-electron chi connectivity index (χ1n) is 8.35. The van der Waals surface area contributed by atoms with Gasteiger partial charge in [-0.05, 0) is 36.1 Å². The molecule has 1 fully saturated rings. The summed E-state index contributed by atoms with van der Waals surface area (Å²) in [6, 6.07) is 12.0. The number of nitrogens with one attached hydrogen (secondary N) is 2. The van der Waals surface area contributed by atoms with Crippen molar-refractivity contribution in [1.82, 2.24) is 15.6 Å². The summed E-state index contributed by atoms with van der Waals surface area (Å²) < 4.78 is 5.07. The standard InChI is InChI=1S/C19H23ClN4O.HI/c1-21-18(23-12-14-6-7-17(25-2)22-11-14)24-13-19(8-9-19)15-4-3-5-16(20)10-15;/h3-7,10-11H,8-9,12-13H2,1-2H3,(H2,21,23,24);1H. The lowest BCUT2D eigenvalue weighted by Gasteiger charge is -2.19. The fourth-order valence-corrected chi connectivity index (χ4v) is 3.02. The average molecular weight is 487 g/mol. The summed E-state index contributed by atoms with van der Waals surface area (Å²) in [7, 11) is 3.39. The molecule has 0 atom stereocenters. The van der Waals surface area contributed by atoms with Gasteiger partial charge in [-0.25, -0.2) is 4.98 Å². The first kappa shape index (κ1) is 20.8. The minimum Gasteiger partial charge on any atom is -0.481 e. The Labute approximate surface area is 176 Å². The van der Waals surface area contributed by atoms with Crippen molar-refractivity contribution in [3.8, 4) is 5.88 Å². The van der Waals surface area contributed by atoms with Crippen LogP contribution in [0, 0.1) is 0 Å². The van der Waals surface area contributed by atoms with Crippen LogP contribution in [0.25, 0.3) is 0 Å². The molecule has 0 bridgehead atoms. The topological polar surface area (TPSA) is 58.5 Å². The molecule has 0 radical (unpaired) electrons. The number of aromatic nitrogens is 1. The molecule has 1 aliphatic carbocycles. The number of ether oxygens (including phenoxy) is 1. The van der Waals surface area contributed by atoms with Crippen molar-refractivity contribution >= 4 is 41.5 Å². The molecule has 1 heterocycles. The van der Waals surface area contributed by atoms with Crippen molar-refractivity contribution in [3.63, 3.8) is 0 Å². The van der Waals surface area contributed by atoms with E-state index >= 15 is 0 Å². The van der Waals surface area contributed by atoms with Gasteiger partial charge < -0.3 is 15.4 Å². The van der Waals surface area contributed by atoms with E-state index in [0.29, 0.717) is 12.4 Å². The Bertz CT molecular complexity index is 747. The van der Waals surface area contributed by atoms with Crippen LogP contribution in [-0.4, -0.2) is 31.6 Å². The Morgan fingerprint density at radius 2 is 2.08 bits per heavy atom. The molecular formula is C19H24ClIN4O. The van der Waals surface area contributed by atoms with E-state index < -0.39 is 0 Å². The summed E-state index contributed by atoms with van der Waals surface area (Å²) in [5.74, 6) is 1.40. The largest absolute Gasteiger partial charge is 0.481 e. The van der Waals surface area contributed by atoms with Crippen LogP contribution in [-0.2, 0) is 12.0 Å². The predicted molar refractivity (Wildman–Crippen MR) is 117 cm³/mol. The second-order valence-corrected chi connectivity index (χ2v) is 6.72. The molecular weight excluding hydrogens is 463 g/mol. The highest BCUT2D eigenvalue weighted by molar-refractivity contribution is 14.0. The van der Waals surface area contributed by atoms with Gasteiger partial charge in [0, 0.05) is 42.8 Å². The van der Waals surface area contributed by atoms with Crippen molar-refractivity contribution in [2.75, 3.05) is 20.7 Å². The van der Waals surface area contributed by atoms with Crippen molar-refractivity contribution in [1.29, 1.82) is 0 Å². The molecule has 2 N–H and O–H groups in total. The van der Waals surface area contributed by atoms with E-state index in [1.807, 2.05) is 24.3 Å². The maximum Gasteiger partial charge on any atom is 0.212 e. The van der Waals surface area contributed by atoms with Crippen LogP contribution in [0.4, 0.5) is 0 Å². The monoisotopic (exact) mass is 486 g/mol. The first-order valence-corrected chi connectivity index (χ1v) is 8.72. The molecule has 1 saturated carbocycles. The van der Waals surface area contributed by atoms with Gasteiger partial charge in [-0.3, -0.25) is 4.99 Å². The van der Waals surface area contributed by atoms with E-state index in [9.17, 15) is 0 Å². The fraction of sp³-hybridized carbons (Fsp3) is 0.368. The Morgan fingerprint density at radius 1 is 1.27 bits per heavy atom. The van der Waals surface area contributed by atoms with Gasteiger partial charge in [-0.1, -0.05) is 29.8 Å². The van der Waals surface area contributed by atoms with Crippen LogP contribution in [0.5, 0.6) is 5.88 Å². The summed E-state index contributed by atoms with van der Waals surface area (Å²) in [6.07, 6.45) is 4.13. The highest BCUT2D eigenvalue weighted by atomic mass is 127. The lowest BCUT2D eigenvalue weighted by Crippen LogP contribution is -2.40. The average Bonchev–Trinajstić information content (AvgIpc) is 3.43. The first-order chi connectivity index (χ1) is 12.1. The van der Waals surface area contributed by atoms with E-state index in [4.69, 9.17) is 16.3 Å². The molecule has 0 spiro atoms. The number of benzene rings is 1. The number of hydrogen-bond donors (Lipinski definition) is 2. The number of hydrogen-bond acceptors (Lipinski definition) is 3. The minimum atomic E-state index is 0. The molecule has 1 aliphatic rings. The zero-order chi connectivity index (χ0) is 17.7. The molecule has 0 saturated heterocycles. The number of aliphatic imine (C=N–C) groups is 1. The Kier molecular flexibility index (Phi) is 7.52. The molecule has 1 aromatic heterocycles. The molecule has 2 aromatic rings. The maximum atomic E-state index is 6.14. The molecule has 26 heavy (non-hydrogen) atoms. The molecule has 0 aliphatic heterocycles. The van der Waals surface area contributed by atoms with Crippen molar-refractivity contribution < 1.29 is 4.74 Å². The lowest BCUT2D eigenvalue weighted by atomic mass is 9.96. The number of nitrogens with zero attached hydrogens (tertiary/aromatic N) is 2. The third kappa shape index (κ3) is 5.23. The van der Waals surface area contributed by atoms with E-state index in [-0.39, 0.29) is 29.4 Å². The Balaban J connectivity index is 0.00000243. The summed E-state index contributed by atoms with van der Waals surface area (Å²) in [4.78, 5) is 8.51. The lowest BCUT2D eigenvalue weighted by molar-refractivity contribution is 0.397. The van der Waals surface area contributed by atoms with Gasteiger partial charge in [-0.15, -0.1) is 24.0 Å². The third-order valence-corrected chi connectivity index (χ3v) is 4.81. The number of methoxy groups -OCH3 is 1. The zero-order valence-corrected chi connectivity index (χ0v) is 18.0. The van der Waals surface area contributed by atoms with Gasteiger partial charge in [0.1, 0.15) is 0 Å². The van der Waals surface area contributed by atoms with Crippen molar-refractivity contribution in [2.45, 2.75) is 24.8 Å². The predicted octanol–water partition coefficient (Wildman–Crippen LogP) is 3.76. The fourth-order valence-electron chi connectivity index (χ4n) is 2.83. The Hall–Kier alpha value is -1.54. The van der Waals surface area contributed by atoms with Crippen molar-refractivity contribution in [2.24, 2.45) is 4.99 Å². The van der Waals surface area contributed by atoms with Crippen molar-refractivity contribution in [3.05, 3.63) is 58.7 Å². The van der Waals surface area contributed by atoms with Crippen LogP contribution in [0.15, 0.2) is 47.6 Å². The van der Waals surface area contributed by atoms with Crippen LogP contribution in [0.1, 0.15) is 24.0 Å². The molecule has 7 heteroatoms. The molecule has 1 aromatic carbocycles. The van der Waals surface area contributed by atoms with Gasteiger partial charge in [-0.2, -0.15) is 0 Å². The summed E-state index contributed by atoms with van der Waals surface area (Å²) in [6.45, 7) is 1.49. The van der Waals surface area contributed by atoms with Gasteiger partial charge in [0.15, 0.2) is 5.96 Å². The van der Waals surface area contributed by atoms with Gasteiger partial charge in [0.05, 0.1) is 7.11 Å². The number of pyridine rings is 1. The minimum absolute atomic E-state index is 0. The quantitative estimate of drug-likeness (QED) is 0.371. The third-order valence-electron chi connectivity index (χ3n) is 4.58. The molecule has 3 rings (SSSR count).